The van der Waals surface area contributed by atoms with Gasteiger partial charge >= 0.3 is 0 Å². The summed E-state index contributed by atoms with van der Waals surface area (Å²) in [4.78, 5) is 14.7. The van der Waals surface area contributed by atoms with Crippen LogP contribution in [0.25, 0.3) is 0 Å². The summed E-state index contributed by atoms with van der Waals surface area (Å²) in [6.07, 6.45) is 0. The molecule has 5 heteroatoms. The molecule has 0 radical (unpaired) electrons. The zero-order chi connectivity index (χ0) is 9.14. The number of thiazole rings is 1. The Kier molecular flexibility index (Phi) is 2.78. The van der Waals surface area contributed by atoms with Crippen LogP contribution in [0.4, 0.5) is 5.13 Å². The average molecular weight is 185 g/mol. The second-order valence-electron chi connectivity index (χ2n) is 2.55. The predicted molar refractivity (Wildman–Crippen MR) is 49.0 cm³/mol. The third-order valence-electron chi connectivity index (χ3n) is 1.27. The number of nitrogens with one attached hydrogen (secondary N) is 1. The van der Waals surface area contributed by atoms with Crippen LogP contribution in [0, 0.1) is 0 Å². The van der Waals surface area contributed by atoms with E-state index >= 15 is 0 Å². The number of nitrogens with two attached hydrogens (primary N) is 1. The molecule has 0 fully saturated rings. The number of aromatic nitrogens is 1. The molecule has 1 aromatic rings. The second kappa shape index (κ2) is 3.64. The predicted octanol–water partition coefficient (Wildman–Crippen LogP) is 1.12. The molecule has 1 atom stereocenters. The summed E-state index contributed by atoms with van der Waals surface area (Å²) in [5.41, 5.74) is 6.40. The van der Waals surface area contributed by atoms with Crippen LogP contribution in [0.2, 0.25) is 0 Å². The highest BCUT2D eigenvalue weighted by Gasteiger charge is 2.05. The number of hydrogen-bond donors (Lipinski definition) is 2. The number of amides is 1. The zero-order valence-corrected chi connectivity index (χ0v) is 7.81. The van der Waals surface area contributed by atoms with Crippen molar-refractivity contribution in [2.45, 2.75) is 19.9 Å². The highest BCUT2D eigenvalue weighted by atomic mass is 32.1. The van der Waals surface area contributed by atoms with Gasteiger partial charge in [0.1, 0.15) is 0 Å². The number of anilines is 1. The molecule has 0 unspecified atom stereocenters. The fraction of sp³-hybridized carbons (Fsp3) is 0.429. The van der Waals surface area contributed by atoms with E-state index in [1.54, 1.807) is 0 Å². The van der Waals surface area contributed by atoms with Crippen molar-refractivity contribution in [1.82, 2.24) is 4.98 Å². The van der Waals surface area contributed by atoms with Crippen molar-refractivity contribution in [2.24, 2.45) is 5.73 Å². The summed E-state index contributed by atoms with van der Waals surface area (Å²) in [7, 11) is 0. The van der Waals surface area contributed by atoms with Crippen LogP contribution in [0.1, 0.15) is 25.6 Å². The lowest BCUT2D eigenvalue weighted by Gasteiger charge is -1.97. The summed E-state index contributed by atoms with van der Waals surface area (Å²) in [6.45, 7) is 3.31. The summed E-state index contributed by atoms with van der Waals surface area (Å²) in [5, 5.41) is 5.04. The molecule has 1 rings (SSSR count). The van der Waals surface area contributed by atoms with Crippen molar-refractivity contribution >= 4 is 22.4 Å². The Morgan fingerprint density at radius 3 is 2.92 bits per heavy atom. The summed E-state index contributed by atoms with van der Waals surface area (Å²) in [5.74, 6) is -0.111. The first-order valence-corrected chi connectivity index (χ1v) is 4.46. The number of carbonyl (C=O) groups is 1. The van der Waals surface area contributed by atoms with Crippen molar-refractivity contribution in [3.63, 3.8) is 0 Å². The van der Waals surface area contributed by atoms with Gasteiger partial charge in [0.05, 0.1) is 5.69 Å². The lowest BCUT2D eigenvalue weighted by atomic mass is 10.3. The largest absolute Gasteiger partial charge is 0.323 e. The summed E-state index contributed by atoms with van der Waals surface area (Å²) < 4.78 is 0. The quantitative estimate of drug-likeness (QED) is 0.725. The van der Waals surface area contributed by atoms with Crippen LogP contribution in [0.5, 0.6) is 0 Å². The van der Waals surface area contributed by atoms with Crippen LogP contribution in [0.15, 0.2) is 5.38 Å². The monoisotopic (exact) mass is 185 g/mol. The van der Waals surface area contributed by atoms with Crippen molar-refractivity contribution in [2.75, 3.05) is 5.32 Å². The third-order valence-corrected chi connectivity index (χ3v) is 2.05. The van der Waals surface area contributed by atoms with Crippen LogP contribution in [-0.2, 0) is 4.79 Å². The minimum absolute atomic E-state index is 0.0799. The van der Waals surface area contributed by atoms with Crippen molar-refractivity contribution in [3.8, 4) is 0 Å². The molecule has 0 saturated heterocycles. The minimum Gasteiger partial charge on any atom is -0.323 e. The van der Waals surface area contributed by atoms with Crippen LogP contribution in [0.3, 0.4) is 0 Å². The van der Waals surface area contributed by atoms with E-state index in [2.05, 4.69) is 10.3 Å². The van der Waals surface area contributed by atoms with E-state index in [4.69, 9.17) is 5.73 Å². The summed E-state index contributed by atoms with van der Waals surface area (Å²) >= 11 is 1.38. The SMILES string of the molecule is CC(=O)Nc1nc([C@@H](C)N)cs1. The first-order valence-electron chi connectivity index (χ1n) is 3.58. The van der Waals surface area contributed by atoms with Crippen LogP contribution >= 0.6 is 11.3 Å². The van der Waals surface area contributed by atoms with Gasteiger partial charge in [-0.2, -0.15) is 0 Å². The van der Waals surface area contributed by atoms with Gasteiger partial charge in [-0.15, -0.1) is 11.3 Å². The number of hydrogen-bond acceptors (Lipinski definition) is 4. The van der Waals surface area contributed by atoms with E-state index in [0.29, 0.717) is 5.13 Å². The first-order chi connectivity index (χ1) is 5.59. The normalized spacial score (nSPS) is 12.6. The molecule has 1 aromatic heterocycles. The molecule has 1 amide bonds. The smallest absolute Gasteiger partial charge is 0.223 e. The van der Waals surface area contributed by atoms with Gasteiger partial charge in [0.2, 0.25) is 5.91 Å². The Morgan fingerprint density at radius 1 is 1.83 bits per heavy atom. The molecule has 0 aliphatic rings. The van der Waals surface area contributed by atoms with E-state index in [-0.39, 0.29) is 11.9 Å². The number of rotatable bonds is 2. The van der Waals surface area contributed by atoms with E-state index < -0.39 is 0 Å². The van der Waals surface area contributed by atoms with Gasteiger partial charge in [0.25, 0.3) is 0 Å². The van der Waals surface area contributed by atoms with Gasteiger partial charge in [-0.25, -0.2) is 4.98 Å². The van der Waals surface area contributed by atoms with Gasteiger partial charge in [-0.3, -0.25) is 4.79 Å². The Balaban J connectivity index is 2.70. The molecule has 0 aliphatic carbocycles. The maximum atomic E-state index is 10.6. The van der Waals surface area contributed by atoms with Gasteiger partial charge in [-0.05, 0) is 6.92 Å². The van der Waals surface area contributed by atoms with E-state index in [9.17, 15) is 4.79 Å². The first kappa shape index (κ1) is 9.15. The van der Waals surface area contributed by atoms with E-state index in [1.165, 1.54) is 18.3 Å². The maximum Gasteiger partial charge on any atom is 0.223 e. The highest BCUT2D eigenvalue weighted by Crippen LogP contribution is 2.18. The summed E-state index contributed by atoms with van der Waals surface area (Å²) in [6, 6.07) is -0.0799. The number of nitrogens with zero attached hydrogens (tertiary/aromatic N) is 1. The molecule has 66 valence electrons. The van der Waals surface area contributed by atoms with Crippen LogP contribution in [-0.4, -0.2) is 10.9 Å². The molecule has 0 spiro atoms. The van der Waals surface area contributed by atoms with E-state index in [0.717, 1.165) is 5.69 Å². The van der Waals surface area contributed by atoms with Gasteiger partial charge in [0, 0.05) is 18.3 Å². The van der Waals surface area contributed by atoms with Gasteiger partial charge < -0.3 is 11.1 Å². The highest BCUT2D eigenvalue weighted by molar-refractivity contribution is 7.13. The Bertz CT molecular complexity index is 282. The number of carbonyl (C=O) groups excluding carboxylic acids is 1. The average Bonchev–Trinajstić information content (AvgIpc) is 2.34. The molecule has 0 aromatic carbocycles. The van der Waals surface area contributed by atoms with E-state index in [1.807, 2.05) is 12.3 Å². The zero-order valence-electron chi connectivity index (χ0n) is 7.00. The van der Waals surface area contributed by atoms with Crippen molar-refractivity contribution in [1.29, 1.82) is 0 Å². The molecule has 0 bridgehead atoms. The Hall–Kier alpha value is -0.940. The maximum absolute atomic E-state index is 10.6. The van der Waals surface area contributed by atoms with Crippen molar-refractivity contribution < 1.29 is 4.79 Å². The molecule has 0 saturated carbocycles. The van der Waals surface area contributed by atoms with Crippen molar-refractivity contribution in [3.05, 3.63) is 11.1 Å². The topological polar surface area (TPSA) is 68.0 Å². The van der Waals surface area contributed by atoms with Crippen LogP contribution < -0.4 is 11.1 Å². The fourth-order valence-corrected chi connectivity index (χ4v) is 1.56. The third kappa shape index (κ3) is 2.28. The molecule has 3 N–H and O–H groups in total. The lowest BCUT2D eigenvalue weighted by Crippen LogP contribution is -2.08. The molecule has 4 nitrogen and oxygen atoms in total. The molecular formula is C7H11N3OS. The minimum atomic E-state index is -0.111. The molecule has 0 aliphatic heterocycles. The Morgan fingerprint density at radius 2 is 2.50 bits per heavy atom. The Labute approximate surface area is 74.8 Å². The van der Waals surface area contributed by atoms with Gasteiger partial charge in [0.15, 0.2) is 5.13 Å². The fourth-order valence-electron chi connectivity index (χ4n) is 0.703. The standard InChI is InChI=1S/C7H11N3OS/c1-4(8)6-3-12-7(10-6)9-5(2)11/h3-4H,8H2,1-2H3,(H,9,10,11)/t4-/m1/s1. The molecule has 12 heavy (non-hydrogen) atoms. The molecule has 1 heterocycles. The molecular weight excluding hydrogens is 174 g/mol. The van der Waals surface area contributed by atoms with Gasteiger partial charge in [-0.1, -0.05) is 0 Å². The lowest BCUT2D eigenvalue weighted by molar-refractivity contribution is -0.114. The second-order valence-corrected chi connectivity index (χ2v) is 3.41.